The van der Waals surface area contributed by atoms with E-state index in [9.17, 15) is 14.7 Å². The van der Waals surface area contributed by atoms with Crippen molar-refractivity contribution >= 4 is 11.9 Å². The van der Waals surface area contributed by atoms with Gasteiger partial charge in [-0.3, -0.25) is 9.59 Å². The quantitative estimate of drug-likeness (QED) is 0.0374. The molecule has 1 atom stereocenters. The molecule has 1 unspecified atom stereocenters. The highest BCUT2D eigenvalue weighted by molar-refractivity contribution is 5.70. The lowest BCUT2D eigenvalue weighted by atomic mass is 10.1. The Bertz CT molecular complexity index is 1650. The van der Waals surface area contributed by atoms with Crippen molar-refractivity contribution in [2.24, 2.45) is 0 Å². The van der Waals surface area contributed by atoms with Crippen LogP contribution in [0.25, 0.3) is 0 Å². The standard InChI is InChI=1S/C65H98O5/c1-3-5-7-9-11-13-15-17-19-21-22-23-24-25-26-27-28-29-30-31-32-33-34-35-36-37-38-39-40-41-42-44-46-48-50-52-54-56-58-60-65(68)70-63(61-66)62-69-64(67)59-57-55-53-51-49-47-45-43-20-18-16-14-12-10-8-6-4-2/h5-8,11-14,17-20,22-23,25-26,28-29,31-32,34-35,37-38,40-41,44,46,50,52,63,66H,3-4,9-10,15-16,21,24,27,30,33,36,39,42-43,45,47-49,51,53-62H2,1-2H3/b7-5-,8-6-,13-11-,14-12-,19-17-,20-18-,23-22-,26-25-,29-28-,32-31-,35-34-,38-37-,41-40-,46-44-,52-50-. The maximum Gasteiger partial charge on any atom is 0.306 e. The van der Waals surface area contributed by atoms with E-state index in [-0.39, 0.29) is 31.6 Å². The molecule has 70 heavy (non-hydrogen) atoms. The maximum absolute atomic E-state index is 12.3. The van der Waals surface area contributed by atoms with Crippen LogP contribution in [0.4, 0.5) is 0 Å². The van der Waals surface area contributed by atoms with E-state index in [1.54, 1.807) is 0 Å². The molecule has 0 aliphatic carbocycles. The van der Waals surface area contributed by atoms with Crippen LogP contribution >= 0.6 is 0 Å². The average molecular weight is 959 g/mol. The van der Waals surface area contributed by atoms with Crippen molar-refractivity contribution in [1.82, 2.24) is 0 Å². The summed E-state index contributed by atoms with van der Waals surface area (Å²) in [6, 6.07) is 0. The molecule has 0 radical (unpaired) electrons. The van der Waals surface area contributed by atoms with Crippen LogP contribution in [-0.4, -0.2) is 36.4 Å². The number of aliphatic hydroxyl groups is 1. The SMILES string of the molecule is CC/C=C\C/C=C\C/C=C\C/C=C\C/C=C\C/C=C\C/C=C\C/C=C\C/C=C\C/C=C\C/C=C\C/C=C\CCCCC(=O)OC(CO)COC(=O)CCCCCCCCC/C=C\C/C=C\C/C=C\CC. The molecule has 0 fully saturated rings. The fraction of sp³-hybridized carbons (Fsp3) is 0.508. The number of esters is 2. The van der Waals surface area contributed by atoms with Gasteiger partial charge >= 0.3 is 11.9 Å². The molecule has 0 aromatic heterocycles. The molecule has 0 amide bonds. The van der Waals surface area contributed by atoms with Crippen molar-refractivity contribution in [2.75, 3.05) is 13.2 Å². The Kier molecular flexibility index (Phi) is 54.1. The molecule has 0 bridgehead atoms. The zero-order valence-corrected chi connectivity index (χ0v) is 44.2. The predicted octanol–water partition coefficient (Wildman–Crippen LogP) is 18.7. The van der Waals surface area contributed by atoms with Crippen molar-refractivity contribution in [3.8, 4) is 0 Å². The number of ether oxygens (including phenoxy) is 2. The second-order valence-corrected chi connectivity index (χ2v) is 17.2. The number of hydrogen-bond donors (Lipinski definition) is 1. The van der Waals surface area contributed by atoms with Gasteiger partial charge < -0.3 is 14.6 Å². The zero-order chi connectivity index (χ0) is 50.6. The fourth-order valence-corrected chi connectivity index (χ4v) is 6.67. The molecule has 5 heteroatoms. The van der Waals surface area contributed by atoms with Gasteiger partial charge in [-0.1, -0.05) is 228 Å². The van der Waals surface area contributed by atoms with Crippen LogP contribution in [0.1, 0.15) is 194 Å². The monoisotopic (exact) mass is 959 g/mol. The van der Waals surface area contributed by atoms with Crippen LogP contribution in [0.3, 0.4) is 0 Å². The Labute approximate surface area is 429 Å². The fourth-order valence-electron chi connectivity index (χ4n) is 6.67. The highest BCUT2D eigenvalue weighted by Gasteiger charge is 2.16. The maximum atomic E-state index is 12.3. The van der Waals surface area contributed by atoms with Crippen LogP contribution in [0.2, 0.25) is 0 Å². The Balaban J connectivity index is 3.73. The average Bonchev–Trinajstić information content (AvgIpc) is 3.36. The molecule has 0 aliphatic rings. The number of carbonyl (C=O) groups excluding carboxylic acids is 2. The van der Waals surface area contributed by atoms with Crippen molar-refractivity contribution in [1.29, 1.82) is 0 Å². The summed E-state index contributed by atoms with van der Waals surface area (Å²) in [5, 5.41) is 9.62. The molecule has 1 N–H and O–H groups in total. The van der Waals surface area contributed by atoms with Gasteiger partial charge in [-0.15, -0.1) is 0 Å². The van der Waals surface area contributed by atoms with Crippen LogP contribution in [-0.2, 0) is 19.1 Å². The molecule has 0 spiro atoms. The number of hydrogen-bond acceptors (Lipinski definition) is 5. The molecule has 0 aromatic rings. The molecule has 0 heterocycles. The smallest absolute Gasteiger partial charge is 0.306 e. The Morgan fingerprint density at radius 2 is 0.571 bits per heavy atom. The third-order valence-corrected chi connectivity index (χ3v) is 10.7. The lowest BCUT2D eigenvalue weighted by Gasteiger charge is -2.15. The molecular formula is C65H98O5. The van der Waals surface area contributed by atoms with Gasteiger partial charge in [0.1, 0.15) is 6.61 Å². The topological polar surface area (TPSA) is 72.8 Å². The van der Waals surface area contributed by atoms with Crippen molar-refractivity contribution in [2.45, 2.75) is 200 Å². The molecule has 0 saturated carbocycles. The number of rotatable bonds is 47. The van der Waals surface area contributed by atoms with Crippen LogP contribution in [0.15, 0.2) is 182 Å². The van der Waals surface area contributed by atoms with E-state index in [2.05, 4.69) is 196 Å². The highest BCUT2D eigenvalue weighted by atomic mass is 16.6. The van der Waals surface area contributed by atoms with Crippen molar-refractivity contribution in [3.05, 3.63) is 182 Å². The molecule has 0 aliphatic heterocycles. The minimum atomic E-state index is -0.814. The first-order valence-corrected chi connectivity index (χ1v) is 27.3. The van der Waals surface area contributed by atoms with Crippen LogP contribution in [0.5, 0.6) is 0 Å². The third-order valence-electron chi connectivity index (χ3n) is 10.7. The van der Waals surface area contributed by atoms with Gasteiger partial charge in [-0.05, 0) is 135 Å². The number of unbranched alkanes of at least 4 members (excludes halogenated alkanes) is 9. The predicted molar refractivity (Wildman–Crippen MR) is 306 cm³/mol. The van der Waals surface area contributed by atoms with Crippen molar-refractivity contribution in [3.63, 3.8) is 0 Å². The van der Waals surface area contributed by atoms with Gasteiger partial charge in [0.15, 0.2) is 6.10 Å². The summed E-state index contributed by atoms with van der Waals surface area (Å²) in [5.74, 6) is -0.670. The van der Waals surface area contributed by atoms with E-state index in [1.165, 1.54) is 25.7 Å². The Morgan fingerprint density at radius 3 is 0.886 bits per heavy atom. The zero-order valence-electron chi connectivity index (χ0n) is 44.2. The van der Waals surface area contributed by atoms with E-state index in [1.807, 2.05) is 0 Å². The molecule has 5 nitrogen and oxygen atoms in total. The Hall–Kier alpha value is -5.00. The number of allylic oxidation sites excluding steroid dienone is 30. The molecule has 0 aromatic carbocycles. The normalized spacial score (nSPS) is 13.7. The van der Waals surface area contributed by atoms with E-state index < -0.39 is 6.10 Å². The largest absolute Gasteiger partial charge is 0.462 e. The number of carbonyl (C=O) groups is 2. The van der Waals surface area contributed by atoms with Crippen LogP contribution in [0, 0.1) is 0 Å². The highest BCUT2D eigenvalue weighted by Crippen LogP contribution is 2.12. The lowest BCUT2D eigenvalue weighted by Crippen LogP contribution is -2.28. The van der Waals surface area contributed by atoms with Gasteiger partial charge in [-0.2, -0.15) is 0 Å². The lowest BCUT2D eigenvalue weighted by molar-refractivity contribution is -0.161. The van der Waals surface area contributed by atoms with E-state index >= 15 is 0 Å². The van der Waals surface area contributed by atoms with Gasteiger partial charge in [0.05, 0.1) is 6.61 Å². The van der Waals surface area contributed by atoms with Gasteiger partial charge in [0.25, 0.3) is 0 Å². The second kappa shape index (κ2) is 58.3. The van der Waals surface area contributed by atoms with Gasteiger partial charge in [-0.25, -0.2) is 0 Å². The Morgan fingerprint density at radius 1 is 0.329 bits per heavy atom. The third kappa shape index (κ3) is 55.6. The summed E-state index contributed by atoms with van der Waals surface area (Å²) >= 11 is 0. The van der Waals surface area contributed by atoms with Crippen molar-refractivity contribution < 1.29 is 24.2 Å². The summed E-state index contributed by atoms with van der Waals surface area (Å²) in [5.41, 5.74) is 0. The summed E-state index contributed by atoms with van der Waals surface area (Å²) in [4.78, 5) is 24.4. The summed E-state index contributed by atoms with van der Waals surface area (Å²) in [7, 11) is 0. The summed E-state index contributed by atoms with van der Waals surface area (Å²) < 4.78 is 10.6. The minimum Gasteiger partial charge on any atom is -0.462 e. The first-order valence-electron chi connectivity index (χ1n) is 27.3. The first-order chi connectivity index (χ1) is 34.6. The summed E-state index contributed by atoms with van der Waals surface area (Å²) in [6.45, 7) is 3.85. The van der Waals surface area contributed by atoms with Gasteiger partial charge in [0, 0.05) is 12.8 Å². The summed E-state index contributed by atoms with van der Waals surface area (Å²) in [6.07, 6.45) is 92.8. The van der Waals surface area contributed by atoms with Gasteiger partial charge in [0.2, 0.25) is 0 Å². The van der Waals surface area contributed by atoms with Crippen LogP contribution < -0.4 is 0 Å². The first kappa shape index (κ1) is 65.0. The number of aliphatic hydroxyl groups excluding tert-OH is 1. The molecule has 0 rings (SSSR count). The molecule has 388 valence electrons. The second-order valence-electron chi connectivity index (χ2n) is 17.2. The van der Waals surface area contributed by atoms with E-state index in [0.29, 0.717) is 12.8 Å². The molecular weight excluding hydrogens is 861 g/mol. The molecule has 0 saturated heterocycles. The van der Waals surface area contributed by atoms with E-state index in [4.69, 9.17) is 9.47 Å². The van der Waals surface area contributed by atoms with E-state index in [0.717, 1.165) is 135 Å². The minimum absolute atomic E-state index is 0.101.